The number of aromatic nitrogens is 4. The first-order valence-corrected chi connectivity index (χ1v) is 6.06. The third-order valence-electron chi connectivity index (χ3n) is 2.01. The lowest BCUT2D eigenvalue weighted by molar-refractivity contribution is 0.0697. The van der Waals surface area contributed by atoms with Gasteiger partial charge in [0.15, 0.2) is 0 Å². The highest BCUT2D eigenvalue weighted by Crippen LogP contribution is 2.14. The minimum atomic E-state index is -0.950. The maximum atomic E-state index is 10.6. The van der Waals surface area contributed by atoms with Crippen molar-refractivity contribution in [1.82, 2.24) is 20.6 Å². The van der Waals surface area contributed by atoms with Crippen LogP contribution in [0.3, 0.4) is 0 Å². The Hall–Kier alpha value is -2.09. The molecule has 0 aliphatic heterocycles. The number of rotatable bonds is 6. The number of carboxylic acids is 1. The van der Waals surface area contributed by atoms with E-state index in [-0.39, 0.29) is 5.56 Å². The average Bonchev–Trinajstić information content (AvgIpc) is 2.88. The second-order valence-electron chi connectivity index (χ2n) is 3.22. The number of thioether (sulfide) groups is 1. The largest absolute Gasteiger partial charge is 0.493 e. The normalized spacial score (nSPS) is 10.2. The zero-order chi connectivity index (χ0) is 12.8. The third-order valence-corrected chi connectivity index (χ3v) is 2.81. The van der Waals surface area contributed by atoms with Crippen molar-refractivity contribution >= 4 is 17.7 Å². The average molecular weight is 266 g/mol. The van der Waals surface area contributed by atoms with Crippen molar-refractivity contribution in [3.05, 3.63) is 29.8 Å². The summed E-state index contributed by atoms with van der Waals surface area (Å²) < 4.78 is 5.44. The van der Waals surface area contributed by atoms with Gasteiger partial charge in [-0.1, -0.05) is 11.8 Å². The summed E-state index contributed by atoms with van der Waals surface area (Å²) in [5.74, 6) is 0.364. The highest BCUT2D eigenvalue weighted by atomic mass is 32.2. The molecule has 0 spiro atoms. The topological polar surface area (TPSA) is 101 Å². The fourth-order valence-corrected chi connectivity index (χ4v) is 1.75. The van der Waals surface area contributed by atoms with E-state index in [1.165, 1.54) is 23.9 Å². The molecule has 0 unspecified atom stereocenters. The molecular weight excluding hydrogens is 256 g/mol. The van der Waals surface area contributed by atoms with Gasteiger partial charge in [0.2, 0.25) is 5.16 Å². The van der Waals surface area contributed by atoms with Crippen LogP contribution in [0.2, 0.25) is 0 Å². The number of tetrazole rings is 1. The van der Waals surface area contributed by atoms with E-state index >= 15 is 0 Å². The zero-order valence-electron chi connectivity index (χ0n) is 9.24. The monoisotopic (exact) mass is 266 g/mol. The molecule has 2 aromatic rings. The lowest BCUT2D eigenvalue weighted by Crippen LogP contribution is -2.01. The number of nitrogens with zero attached hydrogens (tertiary/aromatic N) is 3. The summed E-state index contributed by atoms with van der Waals surface area (Å²) in [4.78, 5) is 10.6. The van der Waals surface area contributed by atoms with Crippen molar-refractivity contribution in [2.45, 2.75) is 5.16 Å². The summed E-state index contributed by atoms with van der Waals surface area (Å²) >= 11 is 1.42. The molecule has 2 N–H and O–H groups in total. The van der Waals surface area contributed by atoms with Crippen molar-refractivity contribution in [2.24, 2.45) is 0 Å². The lowest BCUT2D eigenvalue weighted by atomic mass is 10.2. The van der Waals surface area contributed by atoms with Crippen LogP contribution >= 0.6 is 11.8 Å². The summed E-state index contributed by atoms with van der Waals surface area (Å²) in [6, 6.07) is 6.26. The fourth-order valence-electron chi connectivity index (χ4n) is 1.20. The number of aromatic carboxylic acids is 1. The Balaban J connectivity index is 1.75. The van der Waals surface area contributed by atoms with Crippen LogP contribution in [0.5, 0.6) is 5.75 Å². The van der Waals surface area contributed by atoms with Gasteiger partial charge < -0.3 is 9.84 Å². The number of benzene rings is 1. The molecule has 0 saturated carbocycles. The highest BCUT2D eigenvalue weighted by Gasteiger charge is 2.02. The van der Waals surface area contributed by atoms with Gasteiger partial charge in [-0.3, -0.25) is 0 Å². The first kappa shape index (κ1) is 12.4. The van der Waals surface area contributed by atoms with Crippen LogP contribution in [-0.4, -0.2) is 44.1 Å². The molecule has 8 heteroatoms. The summed E-state index contributed by atoms with van der Waals surface area (Å²) in [6.45, 7) is 0.478. The van der Waals surface area contributed by atoms with Gasteiger partial charge in [0.05, 0.1) is 12.2 Å². The Kier molecular flexibility index (Phi) is 4.13. The second-order valence-corrected chi connectivity index (χ2v) is 4.28. The van der Waals surface area contributed by atoms with E-state index in [0.29, 0.717) is 23.3 Å². The van der Waals surface area contributed by atoms with E-state index < -0.39 is 5.97 Å². The summed E-state index contributed by atoms with van der Waals surface area (Å²) in [6.07, 6.45) is 0. The summed E-state index contributed by atoms with van der Waals surface area (Å²) in [7, 11) is 0. The fraction of sp³-hybridized carbons (Fsp3) is 0.200. The van der Waals surface area contributed by atoms with Gasteiger partial charge in [0.1, 0.15) is 5.75 Å². The molecule has 0 amide bonds. The highest BCUT2D eigenvalue weighted by molar-refractivity contribution is 7.99. The van der Waals surface area contributed by atoms with Gasteiger partial charge in [0, 0.05) is 5.75 Å². The zero-order valence-corrected chi connectivity index (χ0v) is 10.1. The van der Waals surface area contributed by atoms with Crippen LogP contribution in [0.1, 0.15) is 10.4 Å². The molecule has 94 valence electrons. The number of ether oxygens (including phenoxy) is 1. The van der Waals surface area contributed by atoms with Crippen LogP contribution in [0, 0.1) is 0 Å². The summed E-state index contributed by atoms with van der Waals surface area (Å²) in [5.41, 5.74) is 0.239. The number of nitrogens with one attached hydrogen (secondary N) is 1. The van der Waals surface area contributed by atoms with Gasteiger partial charge >= 0.3 is 5.97 Å². The van der Waals surface area contributed by atoms with E-state index in [1.807, 2.05) is 0 Å². The minimum absolute atomic E-state index is 0.239. The van der Waals surface area contributed by atoms with Crippen LogP contribution < -0.4 is 4.74 Å². The Morgan fingerprint density at radius 3 is 2.78 bits per heavy atom. The van der Waals surface area contributed by atoms with Crippen molar-refractivity contribution in [1.29, 1.82) is 0 Å². The smallest absolute Gasteiger partial charge is 0.335 e. The van der Waals surface area contributed by atoms with Gasteiger partial charge in [-0.25, -0.2) is 4.79 Å². The van der Waals surface area contributed by atoms with Gasteiger partial charge in [-0.15, -0.1) is 10.2 Å². The Morgan fingerprint density at radius 1 is 1.39 bits per heavy atom. The van der Waals surface area contributed by atoms with Crippen molar-refractivity contribution < 1.29 is 14.6 Å². The number of hydrogen-bond donors (Lipinski definition) is 2. The number of hydrogen-bond acceptors (Lipinski definition) is 6. The third kappa shape index (κ3) is 3.45. The van der Waals surface area contributed by atoms with Crippen LogP contribution in [0.25, 0.3) is 0 Å². The molecule has 0 saturated heterocycles. The van der Waals surface area contributed by atoms with Crippen LogP contribution in [0.4, 0.5) is 0 Å². The van der Waals surface area contributed by atoms with E-state index in [9.17, 15) is 4.79 Å². The Bertz CT molecular complexity index is 500. The standard InChI is InChI=1S/C10H10N4O3S/c15-9(16)7-1-3-8(4-2-7)17-5-6-18-10-11-13-14-12-10/h1-4H,5-6H2,(H,15,16)(H,11,12,13,14). The quantitative estimate of drug-likeness (QED) is 0.595. The van der Waals surface area contributed by atoms with Crippen molar-refractivity contribution in [3.8, 4) is 5.75 Å². The van der Waals surface area contributed by atoms with E-state index in [2.05, 4.69) is 20.6 Å². The molecule has 18 heavy (non-hydrogen) atoms. The predicted octanol–water partition coefficient (Wildman–Crippen LogP) is 1.07. The Labute approximate surface area is 107 Å². The molecule has 0 atom stereocenters. The SMILES string of the molecule is O=C(O)c1ccc(OCCSc2nn[nH]n2)cc1. The first-order chi connectivity index (χ1) is 8.75. The maximum absolute atomic E-state index is 10.6. The summed E-state index contributed by atoms with van der Waals surface area (Å²) in [5, 5.41) is 22.7. The lowest BCUT2D eigenvalue weighted by Gasteiger charge is -2.04. The molecule has 1 heterocycles. The molecule has 7 nitrogen and oxygen atoms in total. The van der Waals surface area contributed by atoms with E-state index in [0.717, 1.165) is 0 Å². The van der Waals surface area contributed by atoms with Crippen LogP contribution in [0.15, 0.2) is 29.4 Å². The van der Waals surface area contributed by atoms with E-state index in [4.69, 9.17) is 9.84 Å². The first-order valence-electron chi connectivity index (χ1n) is 5.08. The molecule has 0 radical (unpaired) electrons. The van der Waals surface area contributed by atoms with Gasteiger partial charge in [-0.2, -0.15) is 5.21 Å². The molecular formula is C10H10N4O3S. The van der Waals surface area contributed by atoms with Crippen molar-refractivity contribution in [2.75, 3.05) is 12.4 Å². The van der Waals surface area contributed by atoms with Crippen molar-refractivity contribution in [3.63, 3.8) is 0 Å². The minimum Gasteiger partial charge on any atom is -0.493 e. The van der Waals surface area contributed by atoms with Gasteiger partial charge in [0.25, 0.3) is 0 Å². The van der Waals surface area contributed by atoms with Gasteiger partial charge in [-0.05, 0) is 29.5 Å². The molecule has 1 aromatic heterocycles. The Morgan fingerprint density at radius 2 is 2.17 bits per heavy atom. The van der Waals surface area contributed by atoms with Crippen LogP contribution in [-0.2, 0) is 0 Å². The number of carboxylic acid groups (broad SMARTS) is 1. The number of aromatic amines is 1. The molecule has 2 rings (SSSR count). The predicted molar refractivity (Wildman–Crippen MR) is 63.8 cm³/mol. The molecule has 0 bridgehead atoms. The maximum Gasteiger partial charge on any atom is 0.335 e. The van der Waals surface area contributed by atoms with E-state index in [1.54, 1.807) is 12.1 Å². The number of H-pyrrole nitrogens is 1. The second kappa shape index (κ2) is 6.01. The molecule has 0 aliphatic rings. The molecule has 0 fully saturated rings. The molecule has 0 aliphatic carbocycles. The number of carbonyl (C=O) groups is 1. The molecule has 1 aromatic carbocycles.